The Labute approximate surface area is 193 Å². The lowest BCUT2D eigenvalue weighted by Crippen LogP contribution is -2.29. The fourth-order valence-electron chi connectivity index (χ4n) is 3.71. The van der Waals surface area contributed by atoms with E-state index in [2.05, 4.69) is 5.16 Å². The lowest BCUT2D eigenvalue weighted by Gasteiger charge is -2.23. The van der Waals surface area contributed by atoms with Crippen molar-refractivity contribution in [3.63, 3.8) is 0 Å². The van der Waals surface area contributed by atoms with Crippen molar-refractivity contribution in [3.8, 4) is 5.75 Å². The van der Waals surface area contributed by atoms with Gasteiger partial charge >= 0.3 is 5.91 Å². The molecule has 2 aromatic carbocycles. The molecule has 0 spiro atoms. The molecule has 0 bridgehead atoms. The Kier molecular flexibility index (Phi) is 5.71. The summed E-state index contributed by atoms with van der Waals surface area (Å²) in [6, 6.07) is 10.3. The maximum absolute atomic E-state index is 13.1. The third-order valence-corrected chi connectivity index (χ3v) is 5.97. The van der Waals surface area contributed by atoms with Crippen LogP contribution in [0.4, 0.5) is 5.82 Å². The zero-order chi connectivity index (χ0) is 23.2. The first-order valence-electron chi connectivity index (χ1n) is 9.57. The van der Waals surface area contributed by atoms with Crippen molar-refractivity contribution in [3.05, 3.63) is 80.5 Å². The number of rotatable bonds is 4. The standard InChI is InChI=1S/C23H18Cl2N2O5/c1-11-8-14(5-7-17(11)31-3)21(28)19-20(13-4-6-15(24)16(25)10-13)27(23(30)22(19)29)18-9-12(2)32-26-18/h4-10,20,28H,1-3H3/b21-19+/t20-/m1/s1. The van der Waals surface area contributed by atoms with Gasteiger partial charge in [0.15, 0.2) is 5.82 Å². The Morgan fingerprint density at radius 2 is 1.84 bits per heavy atom. The molecule has 0 saturated carbocycles. The first kappa shape index (κ1) is 21.9. The van der Waals surface area contributed by atoms with E-state index < -0.39 is 17.7 Å². The molecule has 1 aliphatic heterocycles. The molecular weight excluding hydrogens is 455 g/mol. The van der Waals surface area contributed by atoms with Crippen LogP contribution in [-0.2, 0) is 9.59 Å². The summed E-state index contributed by atoms with van der Waals surface area (Å²) in [5, 5.41) is 15.6. The highest BCUT2D eigenvalue weighted by atomic mass is 35.5. The molecule has 1 atom stereocenters. The van der Waals surface area contributed by atoms with Crippen molar-refractivity contribution in [2.45, 2.75) is 19.9 Å². The number of aliphatic hydroxyl groups excluding tert-OH is 1. The number of aryl methyl sites for hydroxylation is 2. The minimum Gasteiger partial charge on any atom is -0.507 e. The van der Waals surface area contributed by atoms with Gasteiger partial charge in [0.05, 0.1) is 28.8 Å². The highest BCUT2D eigenvalue weighted by Gasteiger charge is 2.48. The molecule has 4 rings (SSSR count). The van der Waals surface area contributed by atoms with Gasteiger partial charge in [-0.15, -0.1) is 0 Å². The molecule has 32 heavy (non-hydrogen) atoms. The van der Waals surface area contributed by atoms with E-state index in [0.29, 0.717) is 27.7 Å². The summed E-state index contributed by atoms with van der Waals surface area (Å²) in [6.07, 6.45) is 0. The van der Waals surface area contributed by atoms with E-state index in [-0.39, 0.29) is 22.2 Å². The van der Waals surface area contributed by atoms with E-state index in [0.717, 1.165) is 5.56 Å². The molecule has 7 nitrogen and oxygen atoms in total. The predicted octanol–water partition coefficient (Wildman–Crippen LogP) is 5.23. The molecule has 1 aromatic heterocycles. The van der Waals surface area contributed by atoms with Gasteiger partial charge < -0.3 is 14.4 Å². The SMILES string of the molecule is COc1ccc(/C(O)=C2\C(=O)C(=O)N(c3cc(C)on3)[C@@H]2c2ccc(Cl)c(Cl)c2)cc1C. The van der Waals surface area contributed by atoms with Gasteiger partial charge in [-0.25, -0.2) is 0 Å². The summed E-state index contributed by atoms with van der Waals surface area (Å²) in [5.74, 6) is -0.797. The number of ether oxygens (including phenoxy) is 1. The molecule has 1 saturated heterocycles. The Balaban J connectivity index is 1.95. The molecule has 1 fully saturated rings. The van der Waals surface area contributed by atoms with Gasteiger partial charge in [0.1, 0.15) is 17.3 Å². The van der Waals surface area contributed by atoms with Crippen molar-refractivity contribution >= 4 is 46.5 Å². The second-order valence-corrected chi connectivity index (χ2v) is 8.14. The Morgan fingerprint density at radius 3 is 2.44 bits per heavy atom. The van der Waals surface area contributed by atoms with E-state index in [1.807, 2.05) is 6.92 Å². The van der Waals surface area contributed by atoms with Crippen molar-refractivity contribution in [2.75, 3.05) is 12.0 Å². The number of hydrogen-bond donors (Lipinski definition) is 1. The van der Waals surface area contributed by atoms with E-state index >= 15 is 0 Å². The van der Waals surface area contributed by atoms with E-state index in [4.69, 9.17) is 32.5 Å². The number of carbonyl (C=O) groups is 2. The van der Waals surface area contributed by atoms with Gasteiger partial charge in [0.2, 0.25) is 0 Å². The zero-order valence-corrected chi connectivity index (χ0v) is 18.9. The quantitative estimate of drug-likeness (QED) is 0.317. The van der Waals surface area contributed by atoms with Gasteiger partial charge in [-0.1, -0.05) is 34.4 Å². The third-order valence-electron chi connectivity index (χ3n) is 5.23. The molecular formula is C23H18Cl2N2O5. The Hall–Kier alpha value is -3.29. The predicted molar refractivity (Wildman–Crippen MR) is 120 cm³/mol. The minimum atomic E-state index is -0.989. The smallest absolute Gasteiger partial charge is 0.301 e. The first-order chi connectivity index (χ1) is 15.2. The van der Waals surface area contributed by atoms with Crippen LogP contribution in [0.3, 0.4) is 0 Å². The van der Waals surface area contributed by atoms with Gasteiger partial charge in [-0.05, 0) is 55.3 Å². The molecule has 9 heteroatoms. The van der Waals surface area contributed by atoms with Gasteiger partial charge in [-0.3, -0.25) is 14.5 Å². The lowest BCUT2D eigenvalue weighted by molar-refractivity contribution is -0.132. The number of nitrogens with zero attached hydrogens (tertiary/aromatic N) is 2. The number of anilines is 1. The van der Waals surface area contributed by atoms with Gasteiger partial charge in [0.25, 0.3) is 5.78 Å². The molecule has 0 unspecified atom stereocenters. The minimum absolute atomic E-state index is 0.0985. The zero-order valence-electron chi connectivity index (χ0n) is 17.3. The number of Topliss-reactive ketones (excluding diaryl/α,β-unsaturated/α-hetero) is 1. The second kappa shape index (κ2) is 8.33. The second-order valence-electron chi connectivity index (χ2n) is 7.32. The van der Waals surface area contributed by atoms with Crippen LogP contribution in [-0.4, -0.2) is 29.1 Å². The first-order valence-corrected chi connectivity index (χ1v) is 10.3. The Bertz CT molecular complexity index is 1280. The third kappa shape index (κ3) is 3.63. The van der Waals surface area contributed by atoms with Crippen LogP contribution in [0, 0.1) is 13.8 Å². The molecule has 1 N–H and O–H groups in total. The summed E-state index contributed by atoms with van der Waals surface area (Å²) in [7, 11) is 1.54. The number of methoxy groups -OCH3 is 1. The fraction of sp³-hybridized carbons (Fsp3) is 0.174. The van der Waals surface area contributed by atoms with Crippen LogP contribution in [0.2, 0.25) is 10.0 Å². The monoisotopic (exact) mass is 472 g/mol. The molecule has 3 aromatic rings. The molecule has 1 amide bonds. The average molecular weight is 473 g/mol. The van der Waals surface area contributed by atoms with Crippen LogP contribution in [0.1, 0.15) is 28.5 Å². The molecule has 0 radical (unpaired) electrons. The highest BCUT2D eigenvalue weighted by Crippen LogP contribution is 2.43. The average Bonchev–Trinajstić information content (AvgIpc) is 3.30. The van der Waals surface area contributed by atoms with Gasteiger partial charge in [0, 0.05) is 11.6 Å². The topological polar surface area (TPSA) is 92.9 Å². The number of halogens is 2. The van der Waals surface area contributed by atoms with E-state index in [1.165, 1.54) is 18.1 Å². The van der Waals surface area contributed by atoms with Gasteiger partial charge in [-0.2, -0.15) is 0 Å². The van der Waals surface area contributed by atoms with Crippen LogP contribution < -0.4 is 9.64 Å². The lowest BCUT2D eigenvalue weighted by atomic mass is 9.94. The maximum atomic E-state index is 13.1. The number of benzene rings is 2. The number of hydrogen-bond acceptors (Lipinski definition) is 6. The van der Waals surface area contributed by atoms with Crippen molar-refractivity contribution in [1.29, 1.82) is 0 Å². The number of ketones is 1. The summed E-state index contributed by atoms with van der Waals surface area (Å²) in [6.45, 7) is 3.48. The maximum Gasteiger partial charge on any atom is 0.301 e. The highest BCUT2D eigenvalue weighted by molar-refractivity contribution is 6.51. The Morgan fingerprint density at radius 1 is 1.09 bits per heavy atom. The normalized spacial score (nSPS) is 17.8. The molecule has 164 valence electrons. The molecule has 2 heterocycles. The van der Waals surface area contributed by atoms with Crippen LogP contribution in [0.5, 0.6) is 5.75 Å². The summed E-state index contributed by atoms with van der Waals surface area (Å²) in [4.78, 5) is 27.3. The number of carbonyl (C=O) groups excluding carboxylic acids is 2. The van der Waals surface area contributed by atoms with E-state index in [1.54, 1.807) is 43.3 Å². The van der Waals surface area contributed by atoms with E-state index in [9.17, 15) is 14.7 Å². The summed E-state index contributed by atoms with van der Waals surface area (Å²) >= 11 is 12.3. The van der Waals surface area contributed by atoms with Crippen LogP contribution >= 0.6 is 23.2 Å². The fourth-order valence-corrected chi connectivity index (χ4v) is 4.02. The number of aromatic nitrogens is 1. The van der Waals surface area contributed by atoms with Crippen LogP contribution in [0.25, 0.3) is 5.76 Å². The summed E-state index contributed by atoms with van der Waals surface area (Å²) < 4.78 is 10.4. The largest absolute Gasteiger partial charge is 0.507 e. The summed E-state index contributed by atoms with van der Waals surface area (Å²) in [5.41, 5.74) is 1.50. The number of aliphatic hydroxyl groups is 1. The van der Waals surface area contributed by atoms with Crippen LogP contribution in [0.15, 0.2) is 52.6 Å². The van der Waals surface area contributed by atoms with Crippen molar-refractivity contribution in [1.82, 2.24) is 5.16 Å². The molecule has 1 aliphatic rings. The molecule has 0 aliphatic carbocycles. The van der Waals surface area contributed by atoms with Crippen molar-refractivity contribution in [2.24, 2.45) is 0 Å². The van der Waals surface area contributed by atoms with Crippen molar-refractivity contribution < 1.29 is 24.0 Å². The number of amides is 1.